The Hall–Kier alpha value is -1.72. The molecule has 0 amide bonds. The standard InChI is InChI=1S/C15H20O5/c1-4-5-11-20-14(17)15(18-2,19-3)13(16)12-9-7-6-8-10-12/h6-10H,4-5,11H2,1-3H3. The summed E-state index contributed by atoms with van der Waals surface area (Å²) in [6, 6.07) is 8.36. The van der Waals surface area contributed by atoms with Crippen molar-refractivity contribution < 1.29 is 23.8 Å². The van der Waals surface area contributed by atoms with Crippen LogP contribution in [-0.2, 0) is 19.0 Å². The third kappa shape index (κ3) is 3.43. The van der Waals surface area contributed by atoms with Crippen LogP contribution >= 0.6 is 0 Å². The Bertz CT molecular complexity index is 437. The van der Waals surface area contributed by atoms with Gasteiger partial charge >= 0.3 is 11.8 Å². The van der Waals surface area contributed by atoms with E-state index in [2.05, 4.69) is 0 Å². The molecule has 0 saturated heterocycles. The van der Waals surface area contributed by atoms with E-state index in [4.69, 9.17) is 14.2 Å². The van der Waals surface area contributed by atoms with Gasteiger partial charge in [-0.05, 0) is 6.42 Å². The third-order valence-corrected chi connectivity index (χ3v) is 2.91. The second-order valence-corrected chi connectivity index (χ2v) is 4.21. The van der Waals surface area contributed by atoms with Gasteiger partial charge in [-0.1, -0.05) is 43.7 Å². The average Bonchev–Trinajstić information content (AvgIpc) is 2.50. The van der Waals surface area contributed by atoms with E-state index in [0.717, 1.165) is 12.8 Å². The van der Waals surface area contributed by atoms with Crippen molar-refractivity contribution in [3.8, 4) is 0 Å². The van der Waals surface area contributed by atoms with E-state index in [1.165, 1.54) is 14.2 Å². The van der Waals surface area contributed by atoms with Crippen molar-refractivity contribution in [2.75, 3.05) is 20.8 Å². The van der Waals surface area contributed by atoms with E-state index in [-0.39, 0.29) is 6.61 Å². The first-order valence-corrected chi connectivity index (χ1v) is 6.49. The molecule has 0 aromatic heterocycles. The summed E-state index contributed by atoms with van der Waals surface area (Å²) in [5.74, 6) is -3.45. The van der Waals surface area contributed by atoms with Crippen LogP contribution in [0.15, 0.2) is 30.3 Å². The summed E-state index contributed by atoms with van der Waals surface area (Å²) in [6.45, 7) is 2.20. The minimum Gasteiger partial charge on any atom is -0.461 e. The zero-order chi connectivity index (χ0) is 15.0. The first-order chi connectivity index (χ1) is 9.62. The zero-order valence-electron chi connectivity index (χ0n) is 12.0. The predicted octanol–water partition coefficient (Wildman–Crippen LogP) is 2.20. The lowest BCUT2D eigenvalue weighted by Crippen LogP contribution is -2.51. The van der Waals surface area contributed by atoms with Gasteiger partial charge in [0.2, 0.25) is 5.78 Å². The number of methoxy groups -OCH3 is 2. The van der Waals surface area contributed by atoms with E-state index < -0.39 is 17.5 Å². The Kier molecular flexibility index (Phi) is 6.35. The third-order valence-electron chi connectivity index (χ3n) is 2.91. The summed E-state index contributed by atoms with van der Waals surface area (Å²) in [5.41, 5.74) is 0.323. The summed E-state index contributed by atoms with van der Waals surface area (Å²) < 4.78 is 15.2. The van der Waals surface area contributed by atoms with E-state index in [1.807, 2.05) is 6.92 Å². The van der Waals surface area contributed by atoms with E-state index in [9.17, 15) is 9.59 Å². The molecule has 5 nitrogen and oxygen atoms in total. The molecule has 20 heavy (non-hydrogen) atoms. The van der Waals surface area contributed by atoms with Gasteiger partial charge in [0.1, 0.15) is 0 Å². The zero-order valence-corrected chi connectivity index (χ0v) is 12.0. The molecular formula is C15H20O5. The summed E-state index contributed by atoms with van der Waals surface area (Å²) in [4.78, 5) is 24.6. The highest BCUT2D eigenvalue weighted by atomic mass is 16.7. The number of carbonyl (C=O) groups is 2. The van der Waals surface area contributed by atoms with Crippen LogP contribution in [0.1, 0.15) is 30.1 Å². The second-order valence-electron chi connectivity index (χ2n) is 4.21. The molecule has 0 bridgehead atoms. The smallest absolute Gasteiger partial charge is 0.375 e. The topological polar surface area (TPSA) is 61.8 Å². The Labute approximate surface area is 118 Å². The molecule has 0 fully saturated rings. The maximum atomic E-state index is 12.5. The van der Waals surface area contributed by atoms with Gasteiger partial charge in [-0.2, -0.15) is 0 Å². The molecule has 0 unspecified atom stereocenters. The van der Waals surface area contributed by atoms with Crippen LogP contribution in [0.2, 0.25) is 0 Å². The van der Waals surface area contributed by atoms with Crippen LogP contribution in [0.25, 0.3) is 0 Å². The summed E-state index contributed by atoms with van der Waals surface area (Å²) >= 11 is 0. The van der Waals surface area contributed by atoms with Crippen LogP contribution in [-0.4, -0.2) is 38.4 Å². The molecule has 0 atom stereocenters. The molecule has 0 aliphatic heterocycles. The first-order valence-electron chi connectivity index (χ1n) is 6.49. The Balaban J connectivity index is 2.96. The molecule has 0 aliphatic rings. The first kappa shape index (κ1) is 16.3. The van der Waals surface area contributed by atoms with Gasteiger partial charge in [-0.15, -0.1) is 0 Å². The Morgan fingerprint density at radius 3 is 2.20 bits per heavy atom. The predicted molar refractivity (Wildman–Crippen MR) is 73.4 cm³/mol. The quantitative estimate of drug-likeness (QED) is 0.240. The van der Waals surface area contributed by atoms with Crippen LogP contribution < -0.4 is 0 Å². The maximum Gasteiger partial charge on any atom is 0.375 e. The molecule has 0 radical (unpaired) electrons. The number of carbonyl (C=O) groups excluding carboxylic acids is 2. The average molecular weight is 280 g/mol. The molecule has 0 N–H and O–H groups in total. The van der Waals surface area contributed by atoms with Crippen molar-refractivity contribution in [1.29, 1.82) is 0 Å². The van der Waals surface area contributed by atoms with Crippen LogP contribution in [0, 0.1) is 0 Å². The fourth-order valence-corrected chi connectivity index (χ4v) is 1.71. The molecule has 110 valence electrons. The molecule has 0 heterocycles. The lowest BCUT2D eigenvalue weighted by molar-refractivity contribution is -0.209. The van der Waals surface area contributed by atoms with Crippen molar-refractivity contribution in [3.05, 3.63) is 35.9 Å². The van der Waals surface area contributed by atoms with Gasteiger partial charge in [0, 0.05) is 19.8 Å². The highest BCUT2D eigenvalue weighted by Crippen LogP contribution is 2.20. The lowest BCUT2D eigenvalue weighted by Gasteiger charge is -2.26. The number of ketones is 1. The molecule has 0 saturated carbocycles. The number of hydrogen-bond donors (Lipinski definition) is 0. The van der Waals surface area contributed by atoms with Gasteiger partial charge < -0.3 is 14.2 Å². The lowest BCUT2D eigenvalue weighted by atomic mass is 10.0. The maximum absolute atomic E-state index is 12.5. The van der Waals surface area contributed by atoms with E-state index >= 15 is 0 Å². The number of unbranched alkanes of at least 4 members (excludes halogenated alkanes) is 1. The summed E-state index contributed by atoms with van der Waals surface area (Å²) in [7, 11) is 2.48. The van der Waals surface area contributed by atoms with Gasteiger partial charge in [0.25, 0.3) is 0 Å². The number of Topliss-reactive ketones (excluding diaryl/α,β-unsaturated/α-hetero) is 1. The SMILES string of the molecule is CCCCOC(=O)C(OC)(OC)C(=O)c1ccccc1. The molecule has 0 aliphatic carbocycles. The molecule has 1 aromatic carbocycles. The minimum atomic E-state index is -2.05. The highest BCUT2D eigenvalue weighted by molar-refractivity contribution is 6.14. The molecule has 1 aromatic rings. The molecule has 5 heteroatoms. The van der Waals surface area contributed by atoms with Gasteiger partial charge in [-0.3, -0.25) is 4.79 Å². The summed E-state index contributed by atoms with van der Waals surface area (Å²) in [6.07, 6.45) is 1.60. The number of esters is 1. The highest BCUT2D eigenvalue weighted by Gasteiger charge is 2.49. The van der Waals surface area contributed by atoms with Crippen molar-refractivity contribution in [1.82, 2.24) is 0 Å². The minimum absolute atomic E-state index is 0.228. The van der Waals surface area contributed by atoms with Crippen LogP contribution in [0.3, 0.4) is 0 Å². The van der Waals surface area contributed by atoms with Crippen molar-refractivity contribution in [3.63, 3.8) is 0 Å². The Morgan fingerprint density at radius 1 is 1.10 bits per heavy atom. The van der Waals surface area contributed by atoms with E-state index in [1.54, 1.807) is 30.3 Å². The fourth-order valence-electron chi connectivity index (χ4n) is 1.71. The van der Waals surface area contributed by atoms with Crippen molar-refractivity contribution in [2.24, 2.45) is 0 Å². The van der Waals surface area contributed by atoms with E-state index in [0.29, 0.717) is 5.56 Å². The van der Waals surface area contributed by atoms with Crippen molar-refractivity contribution in [2.45, 2.75) is 25.6 Å². The molecule has 0 spiro atoms. The molecular weight excluding hydrogens is 260 g/mol. The van der Waals surface area contributed by atoms with Crippen molar-refractivity contribution >= 4 is 11.8 Å². The number of rotatable bonds is 8. The normalized spacial score (nSPS) is 11.2. The fraction of sp³-hybridized carbons (Fsp3) is 0.467. The van der Waals surface area contributed by atoms with Crippen LogP contribution in [0.5, 0.6) is 0 Å². The van der Waals surface area contributed by atoms with Gasteiger partial charge in [0.15, 0.2) is 0 Å². The number of hydrogen-bond acceptors (Lipinski definition) is 5. The second kappa shape index (κ2) is 7.77. The Morgan fingerprint density at radius 2 is 1.70 bits per heavy atom. The van der Waals surface area contributed by atoms with Gasteiger partial charge in [0.05, 0.1) is 6.61 Å². The largest absolute Gasteiger partial charge is 0.461 e. The van der Waals surface area contributed by atoms with Crippen LogP contribution in [0.4, 0.5) is 0 Å². The van der Waals surface area contributed by atoms with Gasteiger partial charge in [-0.25, -0.2) is 4.79 Å². The number of ether oxygens (including phenoxy) is 3. The molecule has 1 rings (SSSR count). The monoisotopic (exact) mass is 280 g/mol. The summed E-state index contributed by atoms with van der Waals surface area (Å²) in [5, 5.41) is 0. The number of benzene rings is 1.